The second-order valence-corrected chi connectivity index (χ2v) is 4.99. The monoisotopic (exact) mass is 296 g/mol. The van der Waals surface area contributed by atoms with Gasteiger partial charge in [-0.15, -0.1) is 0 Å². The molecule has 0 amide bonds. The number of carbonyl (C=O) groups excluding carboxylic acids is 1. The third kappa shape index (κ3) is 2.76. The fourth-order valence-electron chi connectivity index (χ4n) is 2.33. The van der Waals surface area contributed by atoms with E-state index in [-0.39, 0.29) is 0 Å². The van der Waals surface area contributed by atoms with Crippen molar-refractivity contribution >= 4 is 6.29 Å². The number of methoxy groups -OCH3 is 1. The molecule has 0 aliphatic carbocycles. The number of rotatable bonds is 5. The van der Waals surface area contributed by atoms with E-state index in [4.69, 9.17) is 4.74 Å². The van der Waals surface area contributed by atoms with Crippen LogP contribution in [0.15, 0.2) is 42.9 Å². The summed E-state index contributed by atoms with van der Waals surface area (Å²) in [5.74, 6) is 0.740. The minimum Gasteiger partial charge on any atom is -0.496 e. The first-order chi connectivity index (χ1) is 10.7. The molecule has 0 spiro atoms. The highest BCUT2D eigenvalue weighted by atomic mass is 16.5. The first-order valence-electron chi connectivity index (χ1n) is 6.84. The van der Waals surface area contributed by atoms with Gasteiger partial charge in [-0.1, -0.05) is 0 Å². The van der Waals surface area contributed by atoms with Gasteiger partial charge in [0.25, 0.3) is 0 Å². The van der Waals surface area contributed by atoms with Crippen LogP contribution in [-0.4, -0.2) is 33.0 Å². The molecule has 0 fully saturated rings. The molecular weight excluding hydrogens is 280 g/mol. The Morgan fingerprint density at radius 1 is 1.32 bits per heavy atom. The van der Waals surface area contributed by atoms with Gasteiger partial charge in [0.1, 0.15) is 12.0 Å². The lowest BCUT2D eigenvalue weighted by molar-refractivity contribution is 0.112. The van der Waals surface area contributed by atoms with E-state index >= 15 is 0 Å². The average Bonchev–Trinajstić information content (AvgIpc) is 3.16. The zero-order chi connectivity index (χ0) is 15.5. The van der Waals surface area contributed by atoms with Gasteiger partial charge in [-0.05, 0) is 24.3 Å². The van der Waals surface area contributed by atoms with Crippen molar-refractivity contribution in [2.24, 2.45) is 7.05 Å². The quantitative estimate of drug-likeness (QED) is 0.677. The SMILES string of the molecule is COc1ccc(C=O)cc1Cn1ccc(-c2cnn(C)c2)n1. The summed E-state index contributed by atoms with van der Waals surface area (Å²) in [4.78, 5) is 10.9. The van der Waals surface area contributed by atoms with Crippen LogP contribution >= 0.6 is 0 Å². The molecule has 3 rings (SSSR count). The molecule has 0 aliphatic rings. The van der Waals surface area contributed by atoms with E-state index in [1.165, 1.54) is 0 Å². The predicted molar refractivity (Wildman–Crippen MR) is 81.9 cm³/mol. The van der Waals surface area contributed by atoms with Gasteiger partial charge in [0.15, 0.2) is 0 Å². The predicted octanol–water partition coefficient (Wildman–Crippen LogP) is 2.15. The summed E-state index contributed by atoms with van der Waals surface area (Å²) in [6, 6.07) is 7.29. The van der Waals surface area contributed by atoms with E-state index < -0.39 is 0 Å². The van der Waals surface area contributed by atoms with Crippen LogP contribution < -0.4 is 4.74 Å². The number of nitrogens with zero attached hydrogens (tertiary/aromatic N) is 4. The number of hydrogen-bond donors (Lipinski definition) is 0. The number of aryl methyl sites for hydroxylation is 1. The first-order valence-corrected chi connectivity index (χ1v) is 6.84. The Kier molecular flexibility index (Phi) is 3.74. The summed E-state index contributed by atoms with van der Waals surface area (Å²) in [7, 11) is 3.49. The summed E-state index contributed by atoms with van der Waals surface area (Å²) in [6.45, 7) is 0.533. The number of aldehydes is 1. The van der Waals surface area contributed by atoms with E-state index in [2.05, 4.69) is 10.2 Å². The van der Waals surface area contributed by atoms with Gasteiger partial charge in [-0.2, -0.15) is 10.2 Å². The number of ether oxygens (including phenoxy) is 1. The largest absolute Gasteiger partial charge is 0.496 e. The Morgan fingerprint density at radius 2 is 2.18 bits per heavy atom. The summed E-state index contributed by atoms with van der Waals surface area (Å²) in [5.41, 5.74) is 3.36. The Morgan fingerprint density at radius 3 is 2.86 bits per heavy atom. The molecule has 0 N–H and O–H groups in total. The molecule has 0 aliphatic heterocycles. The normalized spacial score (nSPS) is 10.6. The van der Waals surface area contributed by atoms with Crippen molar-refractivity contribution in [3.05, 3.63) is 54.0 Å². The van der Waals surface area contributed by atoms with Crippen molar-refractivity contribution in [2.45, 2.75) is 6.54 Å². The van der Waals surface area contributed by atoms with Crippen LogP contribution in [0.5, 0.6) is 5.75 Å². The van der Waals surface area contributed by atoms with Crippen LogP contribution in [0.3, 0.4) is 0 Å². The standard InChI is InChI=1S/C16H16N4O2/c1-19-9-14(8-17-19)15-5-6-20(18-15)10-13-7-12(11-21)3-4-16(13)22-2/h3-9,11H,10H2,1-2H3. The molecule has 1 aromatic carbocycles. The molecule has 6 nitrogen and oxygen atoms in total. The molecule has 0 saturated carbocycles. The van der Waals surface area contributed by atoms with Crippen molar-refractivity contribution in [1.29, 1.82) is 0 Å². The Labute approximate surface area is 127 Å². The number of aromatic nitrogens is 4. The molecule has 0 saturated heterocycles. The summed E-state index contributed by atoms with van der Waals surface area (Å²) in [5, 5.41) is 8.68. The Hall–Kier alpha value is -2.89. The maximum absolute atomic E-state index is 10.9. The number of benzene rings is 1. The van der Waals surface area contributed by atoms with Crippen molar-refractivity contribution in [3.8, 4) is 17.0 Å². The van der Waals surface area contributed by atoms with Gasteiger partial charge in [0.05, 0.1) is 25.5 Å². The van der Waals surface area contributed by atoms with Gasteiger partial charge in [0, 0.05) is 36.1 Å². The maximum atomic E-state index is 10.9. The zero-order valence-electron chi connectivity index (χ0n) is 12.4. The minimum absolute atomic E-state index is 0.533. The maximum Gasteiger partial charge on any atom is 0.150 e. The van der Waals surface area contributed by atoms with Gasteiger partial charge >= 0.3 is 0 Å². The summed E-state index contributed by atoms with van der Waals surface area (Å²) >= 11 is 0. The lowest BCUT2D eigenvalue weighted by Gasteiger charge is -2.09. The van der Waals surface area contributed by atoms with E-state index in [1.54, 1.807) is 30.1 Å². The minimum atomic E-state index is 0.533. The Balaban J connectivity index is 1.87. The second-order valence-electron chi connectivity index (χ2n) is 4.99. The topological polar surface area (TPSA) is 61.9 Å². The van der Waals surface area contributed by atoms with E-state index in [9.17, 15) is 4.79 Å². The highest BCUT2D eigenvalue weighted by Gasteiger charge is 2.08. The number of hydrogen-bond acceptors (Lipinski definition) is 4. The zero-order valence-corrected chi connectivity index (χ0v) is 12.4. The van der Waals surface area contributed by atoms with E-state index in [0.29, 0.717) is 12.1 Å². The molecule has 2 heterocycles. The van der Waals surface area contributed by atoms with Crippen molar-refractivity contribution < 1.29 is 9.53 Å². The van der Waals surface area contributed by atoms with E-state index in [1.807, 2.05) is 36.3 Å². The van der Waals surface area contributed by atoms with Crippen LogP contribution in [-0.2, 0) is 13.6 Å². The average molecular weight is 296 g/mol. The second kappa shape index (κ2) is 5.85. The fraction of sp³-hybridized carbons (Fsp3) is 0.188. The van der Waals surface area contributed by atoms with Crippen LogP contribution in [0.2, 0.25) is 0 Å². The van der Waals surface area contributed by atoms with Gasteiger partial charge in [0.2, 0.25) is 0 Å². The molecule has 0 unspecified atom stereocenters. The van der Waals surface area contributed by atoms with E-state index in [0.717, 1.165) is 28.9 Å². The summed E-state index contributed by atoms with van der Waals surface area (Å²) in [6.07, 6.45) is 6.42. The van der Waals surface area contributed by atoms with Crippen LogP contribution in [0.1, 0.15) is 15.9 Å². The molecule has 112 valence electrons. The fourth-order valence-corrected chi connectivity index (χ4v) is 2.33. The lowest BCUT2D eigenvalue weighted by Crippen LogP contribution is -2.03. The van der Waals surface area contributed by atoms with Gasteiger partial charge < -0.3 is 4.74 Å². The van der Waals surface area contributed by atoms with Crippen LogP contribution in [0, 0.1) is 0 Å². The third-order valence-corrected chi connectivity index (χ3v) is 3.41. The lowest BCUT2D eigenvalue weighted by atomic mass is 10.1. The molecular formula is C16H16N4O2. The first kappa shape index (κ1) is 14.1. The van der Waals surface area contributed by atoms with Crippen molar-refractivity contribution in [2.75, 3.05) is 7.11 Å². The Bertz CT molecular complexity index is 804. The smallest absolute Gasteiger partial charge is 0.150 e. The summed E-state index contributed by atoms with van der Waals surface area (Å²) < 4.78 is 8.90. The van der Waals surface area contributed by atoms with Gasteiger partial charge in [-0.3, -0.25) is 14.2 Å². The van der Waals surface area contributed by atoms with Crippen LogP contribution in [0.25, 0.3) is 11.3 Å². The van der Waals surface area contributed by atoms with Crippen LogP contribution in [0.4, 0.5) is 0 Å². The number of carbonyl (C=O) groups is 1. The van der Waals surface area contributed by atoms with Gasteiger partial charge in [-0.25, -0.2) is 0 Å². The molecule has 3 aromatic rings. The highest BCUT2D eigenvalue weighted by molar-refractivity contribution is 5.75. The highest BCUT2D eigenvalue weighted by Crippen LogP contribution is 2.21. The molecule has 0 bridgehead atoms. The molecule has 22 heavy (non-hydrogen) atoms. The molecule has 6 heteroatoms. The third-order valence-electron chi connectivity index (χ3n) is 3.41. The van der Waals surface area contributed by atoms with Crippen molar-refractivity contribution in [1.82, 2.24) is 19.6 Å². The molecule has 0 radical (unpaired) electrons. The molecule has 0 atom stereocenters. The van der Waals surface area contributed by atoms with Crippen molar-refractivity contribution in [3.63, 3.8) is 0 Å². The molecule has 2 aromatic heterocycles.